The molecule has 1 aromatic rings. The third-order valence-corrected chi connectivity index (χ3v) is 3.03. The molecular formula is C14H19F2NO2. The van der Waals surface area contributed by atoms with Gasteiger partial charge >= 0.3 is 5.97 Å². The van der Waals surface area contributed by atoms with Gasteiger partial charge in [0.15, 0.2) is 0 Å². The number of aliphatic carboxylic acids is 1. The molecule has 0 saturated heterocycles. The van der Waals surface area contributed by atoms with E-state index in [9.17, 15) is 13.6 Å². The number of carboxylic acids is 1. The Morgan fingerprint density at radius 1 is 1.32 bits per heavy atom. The zero-order chi connectivity index (χ0) is 14.3. The van der Waals surface area contributed by atoms with Gasteiger partial charge in [0.25, 0.3) is 0 Å². The molecule has 1 unspecified atom stereocenters. The second kappa shape index (κ2) is 7.84. The normalized spacial score (nSPS) is 12.4. The largest absolute Gasteiger partial charge is 0.481 e. The average Bonchev–Trinajstić information content (AvgIpc) is 2.35. The summed E-state index contributed by atoms with van der Waals surface area (Å²) >= 11 is 0. The summed E-state index contributed by atoms with van der Waals surface area (Å²) in [5.41, 5.74) is 0.0423. The van der Waals surface area contributed by atoms with E-state index in [1.54, 1.807) is 0 Å². The summed E-state index contributed by atoms with van der Waals surface area (Å²) < 4.78 is 26.6. The molecule has 3 nitrogen and oxygen atoms in total. The lowest BCUT2D eigenvalue weighted by atomic mass is 10.0. The maximum atomic E-state index is 13.3. The van der Waals surface area contributed by atoms with Crippen LogP contribution in [0, 0.1) is 17.6 Å². The van der Waals surface area contributed by atoms with Crippen molar-refractivity contribution in [1.29, 1.82) is 0 Å². The van der Waals surface area contributed by atoms with E-state index in [0.29, 0.717) is 13.0 Å². The predicted octanol–water partition coefficient (Wildman–Crippen LogP) is 2.95. The van der Waals surface area contributed by atoms with Crippen LogP contribution < -0.4 is 5.32 Å². The molecule has 1 rings (SSSR count). The minimum atomic E-state index is -0.798. The Morgan fingerprint density at radius 2 is 1.95 bits per heavy atom. The van der Waals surface area contributed by atoms with E-state index in [4.69, 9.17) is 5.11 Å². The Morgan fingerprint density at radius 3 is 2.53 bits per heavy atom. The van der Waals surface area contributed by atoms with Crippen LogP contribution in [0.25, 0.3) is 0 Å². The Labute approximate surface area is 111 Å². The lowest BCUT2D eigenvalue weighted by Crippen LogP contribution is -2.19. The molecule has 0 aliphatic carbocycles. The molecular weight excluding hydrogens is 252 g/mol. The van der Waals surface area contributed by atoms with Gasteiger partial charge in [-0.2, -0.15) is 0 Å². The Kier molecular flexibility index (Phi) is 6.42. The smallest absolute Gasteiger partial charge is 0.303 e. The zero-order valence-electron chi connectivity index (χ0n) is 11.0. The summed E-state index contributed by atoms with van der Waals surface area (Å²) in [6.07, 6.45) is 1.55. The van der Waals surface area contributed by atoms with Crippen LogP contribution >= 0.6 is 0 Å². The highest BCUT2D eigenvalue weighted by molar-refractivity contribution is 5.66. The summed E-state index contributed by atoms with van der Waals surface area (Å²) in [6, 6.07) is 3.80. The van der Waals surface area contributed by atoms with Crippen molar-refractivity contribution in [2.45, 2.75) is 32.7 Å². The second-order valence-corrected chi connectivity index (χ2v) is 4.70. The predicted molar refractivity (Wildman–Crippen MR) is 68.7 cm³/mol. The summed E-state index contributed by atoms with van der Waals surface area (Å²) in [7, 11) is 0. The number of carboxylic acid groups (broad SMARTS) is 1. The van der Waals surface area contributed by atoms with E-state index in [-0.39, 0.29) is 24.4 Å². The van der Waals surface area contributed by atoms with Gasteiger partial charge in [-0.3, -0.25) is 4.79 Å². The third-order valence-electron chi connectivity index (χ3n) is 3.03. The Bertz CT molecular complexity index is 404. The van der Waals surface area contributed by atoms with E-state index < -0.39 is 17.6 Å². The number of benzene rings is 1. The first kappa shape index (κ1) is 15.6. The fraction of sp³-hybridized carbons (Fsp3) is 0.500. The molecule has 106 valence electrons. The van der Waals surface area contributed by atoms with Gasteiger partial charge in [-0.05, 0) is 37.4 Å². The lowest BCUT2D eigenvalue weighted by molar-refractivity contribution is -0.137. The van der Waals surface area contributed by atoms with Crippen molar-refractivity contribution in [2.75, 3.05) is 6.54 Å². The second-order valence-electron chi connectivity index (χ2n) is 4.70. The van der Waals surface area contributed by atoms with Crippen LogP contribution in [0.5, 0.6) is 0 Å². The molecule has 0 amide bonds. The minimum Gasteiger partial charge on any atom is -0.481 e. The fourth-order valence-electron chi connectivity index (χ4n) is 1.78. The van der Waals surface area contributed by atoms with E-state index in [2.05, 4.69) is 5.32 Å². The molecule has 0 aliphatic rings. The number of hydrogen-bond donors (Lipinski definition) is 2. The number of nitrogens with one attached hydrogen (secondary N) is 1. The molecule has 19 heavy (non-hydrogen) atoms. The van der Waals surface area contributed by atoms with Crippen molar-refractivity contribution in [2.24, 2.45) is 5.92 Å². The topological polar surface area (TPSA) is 49.3 Å². The zero-order valence-corrected chi connectivity index (χ0v) is 11.0. The fourth-order valence-corrected chi connectivity index (χ4v) is 1.78. The van der Waals surface area contributed by atoms with Crippen LogP contribution in [-0.4, -0.2) is 17.6 Å². The number of carbonyl (C=O) groups is 1. The molecule has 0 radical (unpaired) electrons. The minimum absolute atomic E-state index is 0.0423. The van der Waals surface area contributed by atoms with Crippen LogP contribution in [0.3, 0.4) is 0 Å². The van der Waals surface area contributed by atoms with Gasteiger partial charge in [0.05, 0.1) is 0 Å². The summed E-state index contributed by atoms with van der Waals surface area (Å²) in [4.78, 5) is 10.4. The first-order valence-corrected chi connectivity index (χ1v) is 6.36. The summed E-state index contributed by atoms with van der Waals surface area (Å²) in [6.45, 7) is 2.72. The van der Waals surface area contributed by atoms with Gasteiger partial charge in [0.2, 0.25) is 0 Å². The number of hydrogen-bond acceptors (Lipinski definition) is 2. The molecule has 0 fully saturated rings. The van der Waals surface area contributed by atoms with Crippen LogP contribution in [0.4, 0.5) is 8.78 Å². The first-order valence-electron chi connectivity index (χ1n) is 6.36. The van der Waals surface area contributed by atoms with Gasteiger partial charge in [-0.25, -0.2) is 8.78 Å². The SMILES string of the molecule is CC(CCNCc1c(F)cccc1F)CCC(=O)O. The molecule has 1 atom stereocenters. The molecule has 0 saturated carbocycles. The van der Waals surface area contributed by atoms with Crippen LogP contribution in [0.15, 0.2) is 18.2 Å². The van der Waals surface area contributed by atoms with Gasteiger partial charge < -0.3 is 10.4 Å². The third kappa shape index (κ3) is 5.79. The maximum Gasteiger partial charge on any atom is 0.303 e. The standard InChI is InChI=1S/C14H19F2NO2/c1-10(5-6-14(18)19)7-8-17-9-11-12(15)3-2-4-13(11)16/h2-4,10,17H,5-9H2,1H3,(H,18,19). The van der Waals surface area contributed by atoms with Crippen LogP contribution in [-0.2, 0) is 11.3 Å². The van der Waals surface area contributed by atoms with E-state index in [1.807, 2.05) is 6.92 Å². The monoisotopic (exact) mass is 271 g/mol. The molecule has 0 spiro atoms. The molecule has 0 aromatic heterocycles. The highest BCUT2D eigenvalue weighted by Crippen LogP contribution is 2.12. The van der Waals surface area contributed by atoms with Gasteiger partial charge in [-0.1, -0.05) is 13.0 Å². The van der Waals surface area contributed by atoms with Crippen molar-refractivity contribution >= 4 is 5.97 Å². The molecule has 5 heteroatoms. The van der Waals surface area contributed by atoms with Crippen molar-refractivity contribution in [3.8, 4) is 0 Å². The van der Waals surface area contributed by atoms with E-state index >= 15 is 0 Å². The Hall–Kier alpha value is -1.49. The van der Waals surface area contributed by atoms with Crippen molar-refractivity contribution < 1.29 is 18.7 Å². The van der Waals surface area contributed by atoms with Crippen molar-refractivity contribution in [1.82, 2.24) is 5.32 Å². The maximum absolute atomic E-state index is 13.3. The van der Waals surface area contributed by atoms with E-state index in [0.717, 1.165) is 6.42 Å². The summed E-state index contributed by atoms with van der Waals surface area (Å²) in [5.74, 6) is -1.62. The van der Waals surface area contributed by atoms with Gasteiger partial charge in [0.1, 0.15) is 11.6 Å². The van der Waals surface area contributed by atoms with Gasteiger partial charge in [-0.15, -0.1) is 0 Å². The quantitative estimate of drug-likeness (QED) is 0.715. The summed E-state index contributed by atoms with van der Waals surface area (Å²) in [5, 5.41) is 11.5. The van der Waals surface area contributed by atoms with E-state index in [1.165, 1.54) is 18.2 Å². The average molecular weight is 271 g/mol. The molecule has 2 N–H and O–H groups in total. The Balaban J connectivity index is 2.25. The van der Waals surface area contributed by atoms with Crippen LogP contribution in [0.2, 0.25) is 0 Å². The highest BCUT2D eigenvalue weighted by atomic mass is 19.1. The highest BCUT2D eigenvalue weighted by Gasteiger charge is 2.08. The lowest BCUT2D eigenvalue weighted by Gasteiger charge is -2.11. The molecule has 1 aromatic carbocycles. The molecule has 0 heterocycles. The first-order chi connectivity index (χ1) is 9.00. The molecule has 0 aliphatic heterocycles. The number of rotatable bonds is 8. The van der Waals surface area contributed by atoms with Crippen molar-refractivity contribution in [3.63, 3.8) is 0 Å². The van der Waals surface area contributed by atoms with Crippen molar-refractivity contribution in [3.05, 3.63) is 35.4 Å². The van der Waals surface area contributed by atoms with Gasteiger partial charge in [0, 0.05) is 18.5 Å². The number of halogens is 2. The molecule has 0 bridgehead atoms. The van der Waals surface area contributed by atoms with Crippen LogP contribution in [0.1, 0.15) is 31.7 Å².